The molecule has 2 rings (SSSR count). The van der Waals surface area contributed by atoms with E-state index in [1.54, 1.807) is 0 Å². The van der Waals surface area contributed by atoms with E-state index in [2.05, 4.69) is 9.97 Å². The van der Waals surface area contributed by atoms with Crippen LogP contribution in [-0.2, 0) is 18.6 Å². The molecule has 0 bridgehead atoms. The zero-order valence-corrected chi connectivity index (χ0v) is 8.18. The maximum absolute atomic E-state index is 8.74. The van der Waals surface area contributed by atoms with Crippen molar-refractivity contribution in [2.45, 2.75) is 18.6 Å². The third kappa shape index (κ3) is 2.00. The monoisotopic (exact) mass is 196 g/mol. The number of thioether (sulfide) groups is 1. The van der Waals surface area contributed by atoms with Crippen molar-refractivity contribution in [1.82, 2.24) is 9.97 Å². The molecule has 3 nitrogen and oxygen atoms in total. The fourth-order valence-corrected chi connectivity index (χ4v) is 2.33. The Labute approximate surface area is 81.6 Å². The van der Waals surface area contributed by atoms with Crippen LogP contribution in [0, 0.1) is 0 Å². The highest BCUT2D eigenvalue weighted by Crippen LogP contribution is 2.22. The first-order valence-corrected chi connectivity index (χ1v) is 5.58. The molecule has 0 unspecified atom stereocenters. The van der Waals surface area contributed by atoms with Crippen molar-refractivity contribution in [3.05, 3.63) is 23.3 Å². The van der Waals surface area contributed by atoms with E-state index in [0.717, 1.165) is 23.8 Å². The summed E-state index contributed by atoms with van der Waals surface area (Å²) in [5.74, 6) is 2.96. The van der Waals surface area contributed by atoms with Crippen molar-refractivity contribution in [2.24, 2.45) is 0 Å². The van der Waals surface area contributed by atoms with Crippen molar-refractivity contribution in [3.8, 4) is 0 Å². The van der Waals surface area contributed by atoms with Crippen LogP contribution in [0.15, 0.2) is 6.20 Å². The Hall–Kier alpha value is -0.610. The summed E-state index contributed by atoms with van der Waals surface area (Å²) in [6.45, 7) is 0.132. The van der Waals surface area contributed by atoms with Crippen LogP contribution in [0.4, 0.5) is 0 Å². The smallest absolute Gasteiger partial charge is 0.130 e. The number of aryl methyl sites for hydroxylation is 1. The number of aromatic nitrogens is 2. The summed E-state index contributed by atoms with van der Waals surface area (Å²) < 4.78 is 0. The van der Waals surface area contributed by atoms with Crippen LogP contribution in [0.1, 0.15) is 17.1 Å². The van der Waals surface area contributed by atoms with Gasteiger partial charge in [-0.2, -0.15) is 11.8 Å². The second kappa shape index (κ2) is 4.07. The van der Waals surface area contributed by atoms with Crippen molar-refractivity contribution in [1.29, 1.82) is 0 Å². The molecule has 70 valence electrons. The van der Waals surface area contributed by atoms with E-state index in [1.165, 1.54) is 11.3 Å². The van der Waals surface area contributed by atoms with E-state index in [0.29, 0.717) is 6.42 Å². The molecular weight excluding hydrogens is 184 g/mol. The predicted octanol–water partition coefficient (Wildman–Crippen LogP) is 0.801. The molecule has 13 heavy (non-hydrogen) atoms. The van der Waals surface area contributed by atoms with Gasteiger partial charge in [-0.15, -0.1) is 0 Å². The topological polar surface area (TPSA) is 46.0 Å². The minimum atomic E-state index is 0.132. The van der Waals surface area contributed by atoms with Crippen LogP contribution in [-0.4, -0.2) is 27.4 Å². The molecule has 1 N–H and O–H groups in total. The number of fused-ring (bicyclic) bond motifs is 1. The number of hydrogen-bond acceptors (Lipinski definition) is 4. The number of nitrogens with zero attached hydrogens (tertiary/aromatic N) is 2. The zero-order valence-electron chi connectivity index (χ0n) is 7.36. The summed E-state index contributed by atoms with van der Waals surface area (Å²) in [6, 6.07) is 0. The van der Waals surface area contributed by atoms with E-state index in [9.17, 15) is 0 Å². The van der Waals surface area contributed by atoms with Crippen LogP contribution < -0.4 is 0 Å². The molecule has 4 heteroatoms. The van der Waals surface area contributed by atoms with Crippen molar-refractivity contribution in [3.63, 3.8) is 0 Å². The van der Waals surface area contributed by atoms with Gasteiger partial charge in [-0.25, -0.2) is 9.97 Å². The van der Waals surface area contributed by atoms with Gasteiger partial charge in [0, 0.05) is 29.6 Å². The van der Waals surface area contributed by atoms with E-state index in [-0.39, 0.29) is 6.61 Å². The van der Waals surface area contributed by atoms with Gasteiger partial charge in [-0.05, 0) is 12.2 Å². The van der Waals surface area contributed by atoms with Gasteiger partial charge in [0.25, 0.3) is 0 Å². The molecule has 0 aliphatic carbocycles. The minimum Gasteiger partial charge on any atom is -0.396 e. The zero-order chi connectivity index (χ0) is 9.10. The summed E-state index contributed by atoms with van der Waals surface area (Å²) in [6.07, 6.45) is 3.51. The first kappa shape index (κ1) is 8.97. The minimum absolute atomic E-state index is 0.132. The molecule has 0 saturated carbocycles. The lowest BCUT2D eigenvalue weighted by molar-refractivity contribution is 0.296. The van der Waals surface area contributed by atoms with Crippen LogP contribution in [0.2, 0.25) is 0 Å². The average molecular weight is 196 g/mol. The quantitative estimate of drug-likeness (QED) is 0.760. The summed E-state index contributed by atoms with van der Waals surface area (Å²) >= 11 is 1.93. The SMILES string of the molecule is OCCc1ncc2c(n1)CCSC2. The van der Waals surface area contributed by atoms with Crippen LogP contribution in [0.5, 0.6) is 0 Å². The molecule has 0 fully saturated rings. The molecule has 0 aromatic carbocycles. The molecular formula is C9H12N2OS. The maximum atomic E-state index is 8.74. The average Bonchev–Trinajstić information content (AvgIpc) is 2.18. The molecule has 1 aliphatic heterocycles. The second-order valence-electron chi connectivity index (χ2n) is 3.03. The summed E-state index contributed by atoms with van der Waals surface area (Å²) in [5, 5.41) is 8.74. The van der Waals surface area contributed by atoms with Crippen LogP contribution in [0.3, 0.4) is 0 Å². The van der Waals surface area contributed by atoms with E-state index in [4.69, 9.17) is 5.11 Å². The molecule has 0 amide bonds. The predicted molar refractivity (Wildman–Crippen MR) is 52.7 cm³/mol. The first-order chi connectivity index (χ1) is 6.40. The van der Waals surface area contributed by atoms with Crippen molar-refractivity contribution >= 4 is 11.8 Å². The van der Waals surface area contributed by atoms with Gasteiger partial charge in [0.05, 0.1) is 6.61 Å². The fraction of sp³-hybridized carbons (Fsp3) is 0.556. The van der Waals surface area contributed by atoms with Crippen molar-refractivity contribution < 1.29 is 5.11 Å². The third-order valence-electron chi connectivity index (χ3n) is 2.08. The Balaban J connectivity index is 2.24. The molecule has 1 aromatic heterocycles. The normalized spacial score (nSPS) is 15.5. The summed E-state index contributed by atoms with van der Waals surface area (Å²) in [7, 11) is 0. The number of aliphatic hydroxyl groups is 1. The van der Waals surface area contributed by atoms with Gasteiger partial charge in [-0.3, -0.25) is 0 Å². The third-order valence-corrected chi connectivity index (χ3v) is 3.09. The first-order valence-electron chi connectivity index (χ1n) is 4.42. The van der Waals surface area contributed by atoms with E-state index >= 15 is 0 Å². The molecule has 0 radical (unpaired) electrons. The number of aliphatic hydroxyl groups excluding tert-OH is 1. The van der Waals surface area contributed by atoms with Crippen LogP contribution in [0.25, 0.3) is 0 Å². The maximum Gasteiger partial charge on any atom is 0.130 e. The Morgan fingerprint density at radius 3 is 3.31 bits per heavy atom. The molecule has 0 spiro atoms. The summed E-state index contributed by atoms with van der Waals surface area (Å²) in [5.41, 5.74) is 2.44. The largest absolute Gasteiger partial charge is 0.396 e. The highest BCUT2D eigenvalue weighted by atomic mass is 32.2. The Morgan fingerprint density at radius 1 is 1.54 bits per heavy atom. The van der Waals surface area contributed by atoms with Gasteiger partial charge in [-0.1, -0.05) is 0 Å². The van der Waals surface area contributed by atoms with E-state index < -0.39 is 0 Å². The number of hydrogen-bond donors (Lipinski definition) is 1. The van der Waals surface area contributed by atoms with Crippen LogP contribution >= 0.6 is 11.8 Å². The molecule has 1 aliphatic rings. The van der Waals surface area contributed by atoms with Gasteiger partial charge >= 0.3 is 0 Å². The van der Waals surface area contributed by atoms with Gasteiger partial charge < -0.3 is 5.11 Å². The van der Waals surface area contributed by atoms with Gasteiger partial charge in [0.1, 0.15) is 5.82 Å². The van der Waals surface area contributed by atoms with Gasteiger partial charge in [0.15, 0.2) is 0 Å². The summed E-state index contributed by atoms with van der Waals surface area (Å²) in [4.78, 5) is 8.62. The lowest BCUT2D eigenvalue weighted by atomic mass is 10.2. The van der Waals surface area contributed by atoms with E-state index in [1.807, 2.05) is 18.0 Å². The molecule has 0 atom stereocenters. The highest BCUT2D eigenvalue weighted by Gasteiger charge is 2.11. The second-order valence-corrected chi connectivity index (χ2v) is 4.14. The lowest BCUT2D eigenvalue weighted by Gasteiger charge is -2.14. The lowest BCUT2D eigenvalue weighted by Crippen LogP contribution is -2.09. The van der Waals surface area contributed by atoms with Gasteiger partial charge in [0.2, 0.25) is 0 Å². The molecule has 1 aromatic rings. The fourth-order valence-electron chi connectivity index (χ4n) is 1.39. The van der Waals surface area contributed by atoms with Crippen molar-refractivity contribution in [2.75, 3.05) is 12.4 Å². The number of rotatable bonds is 2. The highest BCUT2D eigenvalue weighted by molar-refractivity contribution is 7.98. The molecule has 2 heterocycles. The Bertz CT molecular complexity index is 304. The standard InChI is InChI=1S/C9H12N2OS/c12-3-1-9-10-5-7-6-13-4-2-8(7)11-9/h5,12H,1-4,6H2. The molecule has 0 saturated heterocycles. The Morgan fingerprint density at radius 2 is 2.46 bits per heavy atom. The Kier molecular flexibility index (Phi) is 2.80.